The second-order valence-corrected chi connectivity index (χ2v) is 10.9. The van der Waals surface area contributed by atoms with Crippen LogP contribution in [-0.4, -0.2) is 28.3 Å². The molecule has 1 aliphatic rings. The summed E-state index contributed by atoms with van der Waals surface area (Å²) < 4.78 is 18.7. The van der Waals surface area contributed by atoms with Gasteiger partial charge in [0, 0.05) is 27.3 Å². The summed E-state index contributed by atoms with van der Waals surface area (Å²) in [6.45, 7) is 8.25. The molecule has 0 spiro atoms. The second-order valence-electron chi connectivity index (χ2n) is 10.9. The topological polar surface area (TPSA) is 57.4 Å². The van der Waals surface area contributed by atoms with Gasteiger partial charge in [0.15, 0.2) is 5.58 Å². The lowest BCUT2D eigenvalue weighted by atomic mass is 9.79. The second kappa shape index (κ2) is 8.25. The van der Waals surface area contributed by atoms with E-state index in [0.29, 0.717) is 5.89 Å². The van der Waals surface area contributed by atoms with Crippen molar-refractivity contribution in [1.29, 1.82) is 0 Å². The van der Waals surface area contributed by atoms with E-state index < -0.39 is 7.12 Å². The average Bonchev–Trinajstić information content (AvgIpc) is 3.46. The number of hydrogen-bond acceptors (Lipinski definition) is 5. The van der Waals surface area contributed by atoms with E-state index in [0.717, 1.165) is 55.1 Å². The van der Waals surface area contributed by atoms with E-state index in [1.54, 1.807) is 0 Å². The smallest absolute Gasteiger partial charge is 0.436 e. The number of nitrogens with zero attached hydrogens (tertiary/aromatic N) is 2. The van der Waals surface area contributed by atoms with Gasteiger partial charge < -0.3 is 13.7 Å². The fraction of sp³-hybridized carbons (Fsp3) is 0.188. The highest BCUT2D eigenvalue weighted by molar-refractivity contribution is 6.62. The van der Waals surface area contributed by atoms with Crippen molar-refractivity contribution in [2.45, 2.75) is 38.9 Å². The Labute approximate surface area is 221 Å². The molecule has 0 atom stereocenters. The lowest BCUT2D eigenvalue weighted by Crippen LogP contribution is -2.41. The lowest BCUT2D eigenvalue weighted by molar-refractivity contribution is 0.00578. The summed E-state index contributed by atoms with van der Waals surface area (Å²) in [6, 6.07) is 30.7. The van der Waals surface area contributed by atoms with Gasteiger partial charge in [0.1, 0.15) is 5.52 Å². The van der Waals surface area contributed by atoms with Gasteiger partial charge in [-0.25, -0.2) is 9.97 Å². The van der Waals surface area contributed by atoms with E-state index in [-0.39, 0.29) is 11.2 Å². The van der Waals surface area contributed by atoms with E-state index in [9.17, 15) is 0 Å². The molecule has 1 aliphatic heterocycles. The summed E-state index contributed by atoms with van der Waals surface area (Å²) in [6.07, 6.45) is 0. The monoisotopic (exact) mass is 498 g/mol. The van der Waals surface area contributed by atoms with Crippen LogP contribution in [0.15, 0.2) is 95.4 Å². The molecule has 0 aliphatic carbocycles. The molecular formula is C32H27BN2O3. The SMILES string of the molecule is CC1(C)OB(c2ccc(-c3nc4c(ccc5c(-c6ccccc6)nc6ccccc6c54)o3)cc2)OC1(C)C. The van der Waals surface area contributed by atoms with E-state index >= 15 is 0 Å². The molecule has 0 unspecified atom stereocenters. The summed E-state index contributed by atoms with van der Waals surface area (Å²) in [7, 11) is -0.406. The van der Waals surface area contributed by atoms with Crippen molar-refractivity contribution in [3.05, 3.63) is 91.0 Å². The fourth-order valence-electron chi connectivity index (χ4n) is 5.13. The predicted molar refractivity (Wildman–Crippen MR) is 153 cm³/mol. The number of hydrogen-bond donors (Lipinski definition) is 0. The van der Waals surface area contributed by atoms with Crippen LogP contribution in [0.1, 0.15) is 27.7 Å². The zero-order valence-electron chi connectivity index (χ0n) is 21.9. The van der Waals surface area contributed by atoms with Crippen LogP contribution in [0.3, 0.4) is 0 Å². The number of fused-ring (bicyclic) bond motifs is 5. The van der Waals surface area contributed by atoms with Gasteiger partial charge >= 0.3 is 7.12 Å². The molecule has 0 bridgehead atoms. The van der Waals surface area contributed by atoms with Crippen LogP contribution >= 0.6 is 0 Å². The average molecular weight is 498 g/mol. The van der Waals surface area contributed by atoms with E-state index in [1.165, 1.54) is 0 Å². The molecule has 0 amide bonds. The summed E-state index contributed by atoms with van der Waals surface area (Å²) in [5, 5.41) is 3.16. The first-order chi connectivity index (χ1) is 18.3. The Bertz CT molecular complexity index is 1810. The third-order valence-electron chi connectivity index (χ3n) is 7.95. The summed E-state index contributed by atoms with van der Waals surface area (Å²) in [5.74, 6) is 0.579. The Hall–Kier alpha value is -4.00. The largest absolute Gasteiger partial charge is 0.494 e. The number of benzene rings is 4. The Kier molecular flexibility index (Phi) is 5.03. The molecule has 7 rings (SSSR count). The van der Waals surface area contributed by atoms with E-state index in [2.05, 4.69) is 58.0 Å². The molecule has 6 aromatic rings. The number of aromatic nitrogens is 2. The predicted octanol–water partition coefficient (Wildman–Crippen LogP) is 7.16. The Morgan fingerprint density at radius 1 is 0.632 bits per heavy atom. The molecule has 5 nitrogen and oxygen atoms in total. The van der Waals surface area contributed by atoms with E-state index in [1.807, 2.05) is 60.7 Å². The molecule has 0 N–H and O–H groups in total. The fourth-order valence-corrected chi connectivity index (χ4v) is 5.13. The van der Waals surface area contributed by atoms with Crippen molar-refractivity contribution < 1.29 is 13.7 Å². The highest BCUT2D eigenvalue weighted by Gasteiger charge is 2.51. The van der Waals surface area contributed by atoms with Crippen molar-refractivity contribution in [1.82, 2.24) is 9.97 Å². The van der Waals surface area contributed by atoms with Crippen LogP contribution in [0.4, 0.5) is 0 Å². The van der Waals surface area contributed by atoms with Gasteiger partial charge in [-0.15, -0.1) is 0 Å². The van der Waals surface area contributed by atoms with Crippen molar-refractivity contribution in [2.75, 3.05) is 0 Å². The third kappa shape index (κ3) is 3.56. The standard InChI is InChI=1S/C32H27BN2O3/c1-31(2)32(3,4)38-33(37-31)22-16-14-21(15-17-22)30-35-29-26(36-30)19-18-24-27(29)23-12-8-9-13-25(23)34-28(24)20-10-6-5-7-11-20/h5-19H,1-4H3. The molecule has 38 heavy (non-hydrogen) atoms. The Morgan fingerprint density at radius 2 is 1.32 bits per heavy atom. The van der Waals surface area contributed by atoms with Crippen LogP contribution in [0.5, 0.6) is 0 Å². The molecule has 1 fully saturated rings. The maximum Gasteiger partial charge on any atom is 0.494 e. The number of para-hydroxylation sites is 1. The molecule has 0 radical (unpaired) electrons. The first-order valence-corrected chi connectivity index (χ1v) is 12.9. The van der Waals surface area contributed by atoms with Gasteiger partial charge in [0.2, 0.25) is 5.89 Å². The summed E-state index contributed by atoms with van der Waals surface area (Å²) in [4.78, 5) is 10.0. The third-order valence-corrected chi connectivity index (χ3v) is 7.95. The molecule has 3 heterocycles. The number of pyridine rings is 1. The van der Waals surface area contributed by atoms with Crippen LogP contribution in [0.25, 0.3) is 55.5 Å². The van der Waals surface area contributed by atoms with Gasteiger partial charge in [0.05, 0.1) is 22.4 Å². The first kappa shape index (κ1) is 23.1. The highest BCUT2D eigenvalue weighted by Crippen LogP contribution is 2.39. The minimum Gasteiger partial charge on any atom is -0.436 e. The number of rotatable bonds is 3. The summed E-state index contributed by atoms with van der Waals surface area (Å²) in [5.41, 5.74) is 5.64. The quantitative estimate of drug-likeness (QED) is 0.191. The zero-order valence-corrected chi connectivity index (χ0v) is 21.9. The normalized spacial score (nSPS) is 16.6. The maximum atomic E-state index is 6.29. The molecule has 6 heteroatoms. The number of oxazole rings is 1. The van der Waals surface area contributed by atoms with Gasteiger partial charge in [-0.1, -0.05) is 60.7 Å². The van der Waals surface area contributed by atoms with Crippen molar-refractivity contribution in [3.8, 4) is 22.7 Å². The van der Waals surface area contributed by atoms with Gasteiger partial charge in [-0.3, -0.25) is 0 Å². The van der Waals surface area contributed by atoms with Crippen molar-refractivity contribution in [2.24, 2.45) is 0 Å². The molecule has 4 aromatic carbocycles. The van der Waals surface area contributed by atoms with Crippen LogP contribution < -0.4 is 5.46 Å². The molecule has 0 saturated carbocycles. The van der Waals surface area contributed by atoms with E-state index in [4.69, 9.17) is 23.7 Å². The van der Waals surface area contributed by atoms with Gasteiger partial charge in [0.25, 0.3) is 0 Å². The lowest BCUT2D eigenvalue weighted by Gasteiger charge is -2.32. The summed E-state index contributed by atoms with van der Waals surface area (Å²) >= 11 is 0. The van der Waals surface area contributed by atoms with Gasteiger partial charge in [-0.2, -0.15) is 0 Å². The van der Waals surface area contributed by atoms with Crippen molar-refractivity contribution >= 4 is 45.4 Å². The van der Waals surface area contributed by atoms with Crippen LogP contribution in [-0.2, 0) is 9.31 Å². The Morgan fingerprint density at radius 3 is 2.05 bits per heavy atom. The van der Waals surface area contributed by atoms with Gasteiger partial charge in [-0.05, 0) is 63.5 Å². The maximum absolute atomic E-state index is 6.29. The Balaban J connectivity index is 1.35. The molecule has 186 valence electrons. The van der Waals surface area contributed by atoms with Crippen LogP contribution in [0.2, 0.25) is 0 Å². The van der Waals surface area contributed by atoms with Crippen LogP contribution in [0, 0.1) is 0 Å². The highest BCUT2D eigenvalue weighted by atomic mass is 16.7. The molecular weight excluding hydrogens is 471 g/mol. The molecule has 2 aromatic heterocycles. The minimum atomic E-state index is -0.406. The van der Waals surface area contributed by atoms with Crippen molar-refractivity contribution in [3.63, 3.8) is 0 Å². The first-order valence-electron chi connectivity index (χ1n) is 12.9. The minimum absolute atomic E-state index is 0.381. The zero-order chi connectivity index (χ0) is 26.1. The molecule has 1 saturated heterocycles.